The summed E-state index contributed by atoms with van der Waals surface area (Å²) in [6.45, 7) is 0. The van der Waals surface area contributed by atoms with Gasteiger partial charge in [-0.1, -0.05) is 12.1 Å². The number of benzene rings is 2. The molecule has 0 atom stereocenters. The fourth-order valence-corrected chi connectivity index (χ4v) is 1.80. The van der Waals surface area contributed by atoms with Crippen LogP contribution in [0.3, 0.4) is 0 Å². The molecule has 0 radical (unpaired) electrons. The normalized spacial score (nSPS) is 10.4. The zero-order chi connectivity index (χ0) is 12.6. The molecule has 2 aromatic carbocycles. The smallest absolute Gasteiger partial charge is 0.336 e. The average Bonchev–Trinajstić information content (AvgIpc) is 2.26. The third kappa shape index (κ3) is 1.78. The van der Waals surface area contributed by atoms with Crippen molar-refractivity contribution in [3.05, 3.63) is 41.5 Å². The molecule has 0 aromatic heterocycles. The van der Waals surface area contributed by atoms with Crippen LogP contribution >= 0.6 is 0 Å². The first-order valence-electron chi connectivity index (χ1n) is 4.79. The Morgan fingerprint density at radius 3 is 2.24 bits per heavy atom. The quantitative estimate of drug-likeness (QED) is 0.684. The van der Waals surface area contributed by atoms with Gasteiger partial charge in [-0.2, -0.15) is 0 Å². The van der Waals surface area contributed by atoms with Gasteiger partial charge < -0.3 is 15.9 Å². The first-order valence-corrected chi connectivity index (χ1v) is 4.79. The summed E-state index contributed by atoms with van der Waals surface area (Å²) in [7, 11) is 0. The van der Waals surface area contributed by atoms with Crippen molar-refractivity contribution in [3.63, 3.8) is 0 Å². The lowest BCUT2D eigenvalue weighted by molar-refractivity contribution is 0.0695. The van der Waals surface area contributed by atoms with E-state index in [2.05, 4.69) is 0 Å². The summed E-state index contributed by atoms with van der Waals surface area (Å²) in [4.78, 5) is 22.1. The van der Waals surface area contributed by atoms with E-state index in [1.54, 1.807) is 18.2 Å². The van der Waals surface area contributed by atoms with Gasteiger partial charge in [-0.15, -0.1) is 0 Å². The van der Waals surface area contributed by atoms with Crippen molar-refractivity contribution in [2.45, 2.75) is 0 Å². The van der Waals surface area contributed by atoms with E-state index in [-0.39, 0.29) is 22.2 Å². The number of nitrogens with two attached hydrogens (primary N) is 1. The van der Waals surface area contributed by atoms with E-state index in [1.165, 1.54) is 12.1 Å². The predicted octanol–water partition coefficient (Wildman–Crippen LogP) is 1.82. The number of carboxylic acid groups (broad SMARTS) is 2. The van der Waals surface area contributed by atoms with Gasteiger partial charge in [0, 0.05) is 11.1 Å². The van der Waals surface area contributed by atoms with Crippen molar-refractivity contribution < 1.29 is 19.8 Å². The third-order valence-corrected chi connectivity index (χ3v) is 2.46. The molecule has 17 heavy (non-hydrogen) atoms. The Labute approximate surface area is 96.1 Å². The number of fused-ring (bicyclic) bond motifs is 1. The molecule has 0 spiro atoms. The van der Waals surface area contributed by atoms with E-state index >= 15 is 0 Å². The van der Waals surface area contributed by atoms with Crippen LogP contribution in [0.5, 0.6) is 0 Å². The number of carbonyl (C=O) groups is 2. The highest BCUT2D eigenvalue weighted by molar-refractivity contribution is 6.13. The molecule has 2 rings (SSSR count). The first-order chi connectivity index (χ1) is 8.00. The maximum Gasteiger partial charge on any atom is 0.336 e. The maximum absolute atomic E-state index is 11.1. The Kier molecular flexibility index (Phi) is 2.44. The van der Waals surface area contributed by atoms with E-state index in [4.69, 9.17) is 15.9 Å². The minimum absolute atomic E-state index is 0.0418. The minimum Gasteiger partial charge on any atom is -0.478 e. The van der Waals surface area contributed by atoms with Gasteiger partial charge in [0.15, 0.2) is 0 Å². The predicted molar refractivity (Wildman–Crippen MR) is 62.3 cm³/mol. The third-order valence-electron chi connectivity index (χ3n) is 2.46. The number of rotatable bonds is 2. The molecule has 0 aliphatic heterocycles. The molecule has 4 N–H and O–H groups in total. The van der Waals surface area contributed by atoms with Crippen LogP contribution in [0.25, 0.3) is 10.8 Å². The largest absolute Gasteiger partial charge is 0.478 e. The van der Waals surface area contributed by atoms with Crippen LogP contribution in [0.4, 0.5) is 5.69 Å². The zero-order valence-corrected chi connectivity index (χ0v) is 8.68. The molecular formula is C12H9NO4. The van der Waals surface area contributed by atoms with Crippen LogP contribution in [-0.4, -0.2) is 22.2 Å². The molecule has 0 amide bonds. The van der Waals surface area contributed by atoms with Crippen LogP contribution < -0.4 is 5.73 Å². The summed E-state index contributed by atoms with van der Waals surface area (Å²) in [5.74, 6) is -2.36. The molecule has 0 saturated heterocycles. The summed E-state index contributed by atoms with van der Waals surface area (Å²) in [6.07, 6.45) is 0. The summed E-state index contributed by atoms with van der Waals surface area (Å²) in [5, 5.41) is 18.8. The molecule has 0 fully saturated rings. The lowest BCUT2D eigenvalue weighted by Gasteiger charge is -2.07. The second kappa shape index (κ2) is 3.79. The second-order valence-corrected chi connectivity index (χ2v) is 3.58. The molecular weight excluding hydrogens is 222 g/mol. The van der Waals surface area contributed by atoms with Gasteiger partial charge in [-0.05, 0) is 23.6 Å². The molecule has 86 valence electrons. The van der Waals surface area contributed by atoms with Crippen LogP contribution in [0.2, 0.25) is 0 Å². The highest BCUT2D eigenvalue weighted by atomic mass is 16.4. The molecule has 0 heterocycles. The zero-order valence-electron chi connectivity index (χ0n) is 8.68. The molecule has 0 unspecified atom stereocenters. The van der Waals surface area contributed by atoms with Crippen molar-refractivity contribution >= 4 is 28.4 Å². The van der Waals surface area contributed by atoms with Gasteiger partial charge in [0.1, 0.15) is 0 Å². The average molecular weight is 231 g/mol. The van der Waals surface area contributed by atoms with Crippen LogP contribution in [-0.2, 0) is 0 Å². The van der Waals surface area contributed by atoms with Crippen LogP contribution in [0.15, 0.2) is 30.3 Å². The summed E-state index contributed by atoms with van der Waals surface area (Å²) in [6, 6.07) is 7.36. The number of anilines is 1. The highest BCUT2D eigenvalue weighted by Crippen LogP contribution is 2.26. The van der Waals surface area contributed by atoms with Gasteiger partial charge in [0.25, 0.3) is 0 Å². The van der Waals surface area contributed by atoms with Crippen molar-refractivity contribution in [1.29, 1.82) is 0 Å². The van der Waals surface area contributed by atoms with Gasteiger partial charge in [0.2, 0.25) is 0 Å². The summed E-state index contributed by atoms with van der Waals surface area (Å²) >= 11 is 0. The maximum atomic E-state index is 11.1. The Morgan fingerprint density at radius 1 is 1.00 bits per heavy atom. The van der Waals surface area contributed by atoms with E-state index in [0.29, 0.717) is 5.39 Å². The minimum atomic E-state index is -1.20. The fourth-order valence-electron chi connectivity index (χ4n) is 1.80. The van der Waals surface area contributed by atoms with Crippen molar-refractivity contribution in [1.82, 2.24) is 0 Å². The standard InChI is InChI=1S/C12H9NO4/c13-7-4-6-2-1-3-8(11(14)15)10(6)9(5-7)12(16)17/h1-5H,13H2,(H,14,15)(H,16,17). The monoisotopic (exact) mass is 231 g/mol. The van der Waals surface area contributed by atoms with E-state index in [0.717, 1.165) is 0 Å². The first kappa shape index (κ1) is 10.9. The lowest BCUT2D eigenvalue weighted by atomic mass is 9.98. The Morgan fingerprint density at radius 2 is 1.65 bits per heavy atom. The number of carboxylic acids is 2. The van der Waals surface area contributed by atoms with Crippen molar-refractivity contribution in [3.8, 4) is 0 Å². The summed E-state index contributed by atoms with van der Waals surface area (Å²) < 4.78 is 0. The van der Waals surface area contributed by atoms with Crippen molar-refractivity contribution in [2.75, 3.05) is 5.73 Å². The molecule has 5 nitrogen and oxygen atoms in total. The van der Waals surface area contributed by atoms with Gasteiger partial charge in [-0.3, -0.25) is 0 Å². The van der Waals surface area contributed by atoms with Crippen LogP contribution in [0.1, 0.15) is 20.7 Å². The Bertz CT molecular complexity index is 634. The number of aromatic carboxylic acids is 2. The number of nitrogen functional groups attached to an aromatic ring is 1. The molecule has 0 aliphatic rings. The lowest BCUT2D eigenvalue weighted by Crippen LogP contribution is -2.05. The molecule has 0 saturated carbocycles. The molecule has 0 aliphatic carbocycles. The summed E-state index contributed by atoms with van der Waals surface area (Å²) in [5.41, 5.74) is 5.73. The highest BCUT2D eigenvalue weighted by Gasteiger charge is 2.16. The topological polar surface area (TPSA) is 101 Å². The number of hydrogen-bond acceptors (Lipinski definition) is 3. The Balaban J connectivity index is 2.96. The Hall–Kier alpha value is -2.56. The van der Waals surface area contributed by atoms with Gasteiger partial charge in [0.05, 0.1) is 11.1 Å². The van der Waals surface area contributed by atoms with Gasteiger partial charge in [-0.25, -0.2) is 9.59 Å². The second-order valence-electron chi connectivity index (χ2n) is 3.58. The molecule has 0 bridgehead atoms. The number of hydrogen-bond donors (Lipinski definition) is 3. The molecule has 5 heteroatoms. The van der Waals surface area contributed by atoms with Crippen molar-refractivity contribution in [2.24, 2.45) is 0 Å². The fraction of sp³-hybridized carbons (Fsp3) is 0. The SMILES string of the molecule is Nc1cc(C(=O)O)c2c(C(=O)O)cccc2c1. The van der Waals surface area contributed by atoms with E-state index in [1.807, 2.05) is 0 Å². The van der Waals surface area contributed by atoms with Gasteiger partial charge >= 0.3 is 11.9 Å². The van der Waals surface area contributed by atoms with E-state index < -0.39 is 11.9 Å². The van der Waals surface area contributed by atoms with Crippen LogP contribution in [0, 0.1) is 0 Å². The van der Waals surface area contributed by atoms with E-state index in [9.17, 15) is 9.59 Å². The molecule has 2 aromatic rings.